The third kappa shape index (κ3) is 6.07. The molecule has 5 nitrogen and oxygen atoms in total. The average molecular weight is 554 g/mol. The fourth-order valence-electron chi connectivity index (χ4n) is 5.34. The summed E-state index contributed by atoms with van der Waals surface area (Å²) in [5, 5.41) is 13.5. The van der Waals surface area contributed by atoms with E-state index in [4.69, 9.17) is 4.74 Å². The van der Waals surface area contributed by atoms with Gasteiger partial charge in [0.05, 0.1) is 35.4 Å². The van der Waals surface area contributed by atoms with Crippen LogP contribution in [0.5, 0.6) is 0 Å². The Balaban J connectivity index is 1.60. The molecule has 2 heterocycles. The molecule has 39 heavy (non-hydrogen) atoms. The summed E-state index contributed by atoms with van der Waals surface area (Å²) < 4.78 is 86.2. The summed E-state index contributed by atoms with van der Waals surface area (Å²) in [5.41, 5.74) is -4.18. The van der Waals surface area contributed by atoms with Crippen LogP contribution in [0.1, 0.15) is 67.4 Å². The van der Waals surface area contributed by atoms with Gasteiger partial charge in [0.1, 0.15) is 5.54 Å². The molecule has 2 aliphatic rings. The van der Waals surface area contributed by atoms with E-state index in [0.29, 0.717) is 37.9 Å². The minimum absolute atomic E-state index is 0.0771. The van der Waals surface area contributed by atoms with Crippen molar-refractivity contribution < 1.29 is 35.9 Å². The van der Waals surface area contributed by atoms with Gasteiger partial charge in [0.15, 0.2) is 0 Å². The molecule has 2 saturated heterocycles. The molecule has 2 aromatic rings. The number of rotatable bonds is 6. The van der Waals surface area contributed by atoms with Gasteiger partial charge in [-0.25, -0.2) is 0 Å². The molecule has 0 aromatic heterocycles. The van der Waals surface area contributed by atoms with Crippen molar-refractivity contribution in [3.8, 4) is 6.07 Å². The van der Waals surface area contributed by atoms with Crippen LogP contribution < -0.4 is 5.32 Å². The maximum atomic E-state index is 13.4. The standard InChI is InChI=1S/C28H29F6N3O2/c1-19(20-13-22(27(29,30)31)15-23(14-20)28(32,33)34)39-18-26(21-7-3-2-4-8-21)11-10-25(16-35,17-36-26)37-12-6-5-9-24(37)38/h2-4,7-8,13-15,19,36H,5-6,9-12,17-18H2,1H3/t19-,25-,26?/m1/s1. The Morgan fingerprint density at radius 3 is 2.18 bits per heavy atom. The highest BCUT2D eigenvalue weighted by atomic mass is 19.4. The Kier molecular flexibility index (Phi) is 8.01. The molecule has 0 saturated carbocycles. The topological polar surface area (TPSA) is 65.4 Å². The number of amides is 1. The molecular weight excluding hydrogens is 524 g/mol. The first-order chi connectivity index (χ1) is 18.3. The van der Waals surface area contributed by atoms with E-state index in [1.54, 1.807) is 4.90 Å². The minimum atomic E-state index is -4.96. The van der Waals surface area contributed by atoms with Gasteiger partial charge in [-0.3, -0.25) is 4.79 Å². The van der Waals surface area contributed by atoms with Gasteiger partial charge >= 0.3 is 12.4 Å². The lowest BCUT2D eigenvalue weighted by Gasteiger charge is -2.49. The van der Waals surface area contributed by atoms with E-state index in [1.807, 2.05) is 30.3 Å². The number of hydrogen-bond donors (Lipinski definition) is 1. The SMILES string of the molecule is C[C@@H](OCC1(c2ccccc2)CC[C@](C#N)(N2CCCCC2=O)CN1)c1cc(C(F)(F)F)cc(C(F)(F)F)c1. The van der Waals surface area contributed by atoms with Gasteiger partial charge in [0, 0.05) is 19.5 Å². The smallest absolute Gasteiger partial charge is 0.372 e. The Labute approximate surface area is 222 Å². The number of hydrogen-bond acceptors (Lipinski definition) is 4. The molecule has 2 aromatic carbocycles. The molecule has 2 fully saturated rings. The number of carbonyl (C=O) groups is 1. The first-order valence-electron chi connectivity index (χ1n) is 12.7. The molecule has 210 valence electrons. The number of ether oxygens (including phenoxy) is 1. The van der Waals surface area contributed by atoms with Crippen molar-refractivity contribution in [2.75, 3.05) is 19.7 Å². The highest BCUT2D eigenvalue weighted by molar-refractivity contribution is 5.78. The van der Waals surface area contributed by atoms with Crippen molar-refractivity contribution in [2.45, 2.75) is 68.6 Å². The molecule has 0 spiro atoms. The van der Waals surface area contributed by atoms with Gasteiger partial charge in [-0.15, -0.1) is 0 Å². The van der Waals surface area contributed by atoms with Crippen molar-refractivity contribution in [2.24, 2.45) is 0 Å². The van der Waals surface area contributed by atoms with E-state index in [0.717, 1.165) is 18.4 Å². The lowest BCUT2D eigenvalue weighted by Crippen LogP contribution is -2.65. The summed E-state index contributed by atoms with van der Waals surface area (Å²) in [7, 11) is 0. The van der Waals surface area contributed by atoms with Gasteiger partial charge in [-0.1, -0.05) is 30.3 Å². The van der Waals surface area contributed by atoms with Crippen LogP contribution in [0.15, 0.2) is 48.5 Å². The normalized spacial score (nSPS) is 25.3. The predicted octanol–water partition coefficient (Wildman–Crippen LogP) is 6.36. The third-order valence-corrected chi connectivity index (χ3v) is 7.72. The van der Waals surface area contributed by atoms with Crippen LogP contribution in [0.3, 0.4) is 0 Å². The van der Waals surface area contributed by atoms with Crippen molar-refractivity contribution in [1.82, 2.24) is 10.2 Å². The van der Waals surface area contributed by atoms with Crippen LogP contribution in [-0.4, -0.2) is 36.0 Å². The maximum absolute atomic E-state index is 13.4. The predicted molar refractivity (Wildman–Crippen MR) is 130 cm³/mol. The minimum Gasteiger partial charge on any atom is -0.372 e. The van der Waals surface area contributed by atoms with E-state index in [1.165, 1.54) is 6.92 Å². The summed E-state index contributed by atoms with van der Waals surface area (Å²) in [5.74, 6) is -0.0771. The Morgan fingerprint density at radius 1 is 1.03 bits per heavy atom. The second kappa shape index (κ2) is 10.8. The third-order valence-electron chi connectivity index (χ3n) is 7.72. The quantitative estimate of drug-likeness (QED) is 0.423. The second-order valence-electron chi connectivity index (χ2n) is 10.2. The van der Waals surface area contributed by atoms with Crippen molar-refractivity contribution in [3.63, 3.8) is 0 Å². The monoisotopic (exact) mass is 553 g/mol. The summed E-state index contributed by atoms with van der Waals surface area (Å²) in [6.45, 7) is 1.95. The summed E-state index contributed by atoms with van der Waals surface area (Å²) in [6, 6.07) is 12.9. The van der Waals surface area contributed by atoms with Crippen molar-refractivity contribution >= 4 is 5.91 Å². The number of likely N-dealkylation sites (tertiary alicyclic amines) is 1. The van der Waals surface area contributed by atoms with Crippen LogP contribution in [0.4, 0.5) is 26.3 Å². The molecule has 1 unspecified atom stereocenters. The lowest BCUT2D eigenvalue weighted by molar-refractivity contribution is -0.143. The van der Waals surface area contributed by atoms with Crippen molar-refractivity contribution in [3.05, 3.63) is 70.8 Å². The number of piperidine rings is 2. The molecule has 1 N–H and O–H groups in total. The van der Waals surface area contributed by atoms with Crippen LogP contribution >= 0.6 is 0 Å². The van der Waals surface area contributed by atoms with E-state index in [2.05, 4.69) is 11.4 Å². The number of alkyl halides is 6. The zero-order valence-electron chi connectivity index (χ0n) is 21.3. The molecule has 11 heteroatoms. The van der Waals surface area contributed by atoms with Gasteiger partial charge in [0.25, 0.3) is 0 Å². The Hall–Kier alpha value is -3.10. The number of benzene rings is 2. The molecule has 3 atom stereocenters. The van der Waals surface area contributed by atoms with Crippen LogP contribution in [-0.2, 0) is 27.4 Å². The first-order valence-corrected chi connectivity index (χ1v) is 12.7. The maximum Gasteiger partial charge on any atom is 0.416 e. The largest absolute Gasteiger partial charge is 0.416 e. The number of carbonyl (C=O) groups excluding carboxylic acids is 1. The average Bonchev–Trinajstić information content (AvgIpc) is 2.91. The zero-order valence-corrected chi connectivity index (χ0v) is 21.3. The van der Waals surface area contributed by atoms with E-state index in [9.17, 15) is 36.4 Å². The number of nitriles is 1. The summed E-state index contributed by atoms with van der Waals surface area (Å²) >= 11 is 0. The fourth-order valence-corrected chi connectivity index (χ4v) is 5.34. The highest BCUT2D eigenvalue weighted by Gasteiger charge is 2.49. The van der Waals surface area contributed by atoms with E-state index in [-0.39, 0.29) is 30.7 Å². The van der Waals surface area contributed by atoms with Gasteiger partial charge in [-0.2, -0.15) is 31.6 Å². The summed E-state index contributed by atoms with van der Waals surface area (Å²) in [6.07, 6.45) is -8.37. The van der Waals surface area contributed by atoms with Crippen LogP contribution in [0.2, 0.25) is 0 Å². The van der Waals surface area contributed by atoms with Crippen molar-refractivity contribution in [1.29, 1.82) is 5.26 Å². The first kappa shape index (κ1) is 28.9. The zero-order chi connectivity index (χ0) is 28.5. The molecule has 0 aliphatic carbocycles. The number of nitrogens with zero attached hydrogens (tertiary/aromatic N) is 2. The molecule has 4 rings (SSSR count). The van der Waals surface area contributed by atoms with Gasteiger partial charge in [0.2, 0.25) is 5.91 Å². The second-order valence-corrected chi connectivity index (χ2v) is 10.2. The molecule has 0 bridgehead atoms. The van der Waals surface area contributed by atoms with E-state index < -0.39 is 40.7 Å². The Morgan fingerprint density at radius 2 is 1.67 bits per heavy atom. The van der Waals surface area contributed by atoms with Crippen LogP contribution in [0.25, 0.3) is 0 Å². The highest BCUT2D eigenvalue weighted by Crippen LogP contribution is 2.41. The number of nitrogens with one attached hydrogen (secondary N) is 1. The molecular formula is C28H29F6N3O2. The molecule has 2 aliphatic heterocycles. The van der Waals surface area contributed by atoms with Gasteiger partial charge in [-0.05, 0) is 61.9 Å². The summed E-state index contributed by atoms with van der Waals surface area (Å²) in [4.78, 5) is 14.2. The number of halogens is 6. The fraction of sp³-hybridized carbons (Fsp3) is 0.500. The van der Waals surface area contributed by atoms with Gasteiger partial charge < -0.3 is 15.0 Å². The molecule has 0 radical (unpaired) electrons. The Bertz CT molecular complexity index is 1180. The lowest BCUT2D eigenvalue weighted by atomic mass is 9.75. The molecule has 1 amide bonds. The van der Waals surface area contributed by atoms with Crippen LogP contribution in [0, 0.1) is 11.3 Å². The van der Waals surface area contributed by atoms with E-state index >= 15 is 0 Å².